The van der Waals surface area contributed by atoms with Gasteiger partial charge in [-0.1, -0.05) is 62.4 Å². The first-order valence-electron chi connectivity index (χ1n) is 10.3. The van der Waals surface area contributed by atoms with Crippen molar-refractivity contribution in [3.63, 3.8) is 0 Å². The molecule has 152 valence electrons. The monoisotopic (exact) mass is 397 g/mol. The summed E-state index contributed by atoms with van der Waals surface area (Å²) in [6.07, 6.45) is 1.09. The molecule has 0 radical (unpaired) electrons. The molecule has 5 heteroatoms. The van der Waals surface area contributed by atoms with E-state index in [9.17, 15) is 0 Å². The molecule has 3 aromatic carbocycles. The number of nitrogens with one attached hydrogen (secondary N) is 2. The molecule has 1 atom stereocenters. The Morgan fingerprint density at radius 3 is 2.60 bits per heavy atom. The van der Waals surface area contributed by atoms with Crippen LogP contribution in [-0.2, 0) is 6.54 Å². The number of anilines is 2. The van der Waals surface area contributed by atoms with Gasteiger partial charge in [0.05, 0.1) is 12.1 Å². The zero-order valence-corrected chi connectivity index (χ0v) is 17.4. The molecule has 0 saturated heterocycles. The number of nitrogens with two attached hydrogens (primary N) is 1. The number of fused-ring (bicyclic) bond motifs is 1. The normalized spacial score (nSPS) is 12.8. The van der Waals surface area contributed by atoms with E-state index < -0.39 is 0 Å². The molecule has 4 N–H and O–H groups in total. The van der Waals surface area contributed by atoms with Crippen molar-refractivity contribution in [2.75, 3.05) is 11.1 Å². The number of H-pyrrole nitrogens is 1. The lowest BCUT2D eigenvalue weighted by Gasteiger charge is -2.15. The number of aromatic amines is 1. The molecular formula is C25H27N5. The topological polar surface area (TPSA) is 79.1 Å². The number of hydrogen-bond acceptors (Lipinski definition) is 3. The van der Waals surface area contributed by atoms with Crippen LogP contribution < -0.4 is 11.1 Å². The lowest BCUT2D eigenvalue weighted by molar-refractivity contribution is 0.722. The summed E-state index contributed by atoms with van der Waals surface area (Å²) >= 11 is 0. The first-order chi connectivity index (χ1) is 14.7. The number of benzene rings is 3. The second-order valence-corrected chi connectivity index (χ2v) is 7.50. The third kappa shape index (κ3) is 4.06. The SMILES string of the molecule is CCC(C)c1ccccc1CN=C(Nc1n[nH]c2ccccc12)c1ccccc1N. The van der Waals surface area contributed by atoms with E-state index in [-0.39, 0.29) is 0 Å². The van der Waals surface area contributed by atoms with Crippen LogP contribution >= 0.6 is 0 Å². The number of aliphatic imine (C=N–C) groups is 1. The molecule has 0 fully saturated rings. The number of para-hydroxylation sites is 2. The Morgan fingerprint density at radius 2 is 1.77 bits per heavy atom. The summed E-state index contributed by atoms with van der Waals surface area (Å²) in [6, 6.07) is 24.3. The van der Waals surface area contributed by atoms with Gasteiger partial charge in [0.1, 0.15) is 5.84 Å². The molecule has 0 aliphatic heterocycles. The van der Waals surface area contributed by atoms with Gasteiger partial charge in [-0.3, -0.25) is 10.1 Å². The summed E-state index contributed by atoms with van der Waals surface area (Å²) < 4.78 is 0. The summed E-state index contributed by atoms with van der Waals surface area (Å²) in [4.78, 5) is 4.96. The maximum absolute atomic E-state index is 6.28. The fourth-order valence-corrected chi connectivity index (χ4v) is 3.62. The molecule has 1 aromatic heterocycles. The summed E-state index contributed by atoms with van der Waals surface area (Å²) in [5.74, 6) is 1.94. The minimum atomic E-state index is 0.491. The fourth-order valence-electron chi connectivity index (χ4n) is 3.62. The second-order valence-electron chi connectivity index (χ2n) is 7.50. The van der Waals surface area contributed by atoms with Crippen LogP contribution in [0, 0.1) is 0 Å². The summed E-state index contributed by atoms with van der Waals surface area (Å²) in [5.41, 5.74) is 11.4. The molecule has 4 aromatic rings. The molecule has 5 nitrogen and oxygen atoms in total. The smallest absolute Gasteiger partial charge is 0.161 e. The van der Waals surface area contributed by atoms with Crippen molar-refractivity contribution >= 4 is 28.2 Å². The van der Waals surface area contributed by atoms with Gasteiger partial charge in [-0.15, -0.1) is 0 Å². The van der Waals surface area contributed by atoms with Crippen LogP contribution in [0.15, 0.2) is 77.8 Å². The number of nitrogens with zero attached hydrogens (tertiary/aromatic N) is 2. The van der Waals surface area contributed by atoms with E-state index in [2.05, 4.69) is 53.6 Å². The van der Waals surface area contributed by atoms with Gasteiger partial charge in [0.25, 0.3) is 0 Å². The molecule has 0 spiro atoms. The summed E-state index contributed by atoms with van der Waals surface area (Å²) in [5, 5.41) is 11.9. The first-order valence-corrected chi connectivity index (χ1v) is 10.3. The van der Waals surface area contributed by atoms with Gasteiger partial charge in [0, 0.05) is 16.6 Å². The number of nitrogen functional groups attached to an aromatic ring is 1. The Balaban J connectivity index is 1.72. The molecule has 0 saturated carbocycles. The van der Waals surface area contributed by atoms with Crippen molar-refractivity contribution in [3.8, 4) is 0 Å². The molecule has 4 rings (SSSR count). The fraction of sp³-hybridized carbons (Fsp3) is 0.200. The Kier molecular flexibility index (Phi) is 5.80. The van der Waals surface area contributed by atoms with Gasteiger partial charge in [-0.2, -0.15) is 5.10 Å². The third-order valence-electron chi connectivity index (χ3n) is 5.53. The number of amidine groups is 1. The minimum Gasteiger partial charge on any atom is -0.398 e. The molecule has 0 aliphatic rings. The van der Waals surface area contributed by atoms with Crippen LogP contribution in [0.25, 0.3) is 10.9 Å². The van der Waals surface area contributed by atoms with Gasteiger partial charge in [-0.25, -0.2) is 0 Å². The van der Waals surface area contributed by atoms with Crippen molar-refractivity contribution < 1.29 is 0 Å². The van der Waals surface area contributed by atoms with E-state index >= 15 is 0 Å². The van der Waals surface area contributed by atoms with E-state index in [1.54, 1.807) is 0 Å². The Morgan fingerprint density at radius 1 is 1.03 bits per heavy atom. The summed E-state index contributed by atoms with van der Waals surface area (Å²) in [7, 11) is 0. The van der Waals surface area contributed by atoms with E-state index in [0.717, 1.165) is 28.7 Å². The Labute approximate surface area is 177 Å². The van der Waals surface area contributed by atoms with Crippen LogP contribution in [0.4, 0.5) is 11.5 Å². The van der Waals surface area contributed by atoms with E-state index in [4.69, 9.17) is 10.7 Å². The lowest BCUT2D eigenvalue weighted by Crippen LogP contribution is -2.16. The average molecular weight is 398 g/mol. The predicted octanol–water partition coefficient (Wildman–Crippen LogP) is 5.72. The molecule has 0 aliphatic carbocycles. The van der Waals surface area contributed by atoms with Gasteiger partial charge in [0.15, 0.2) is 5.82 Å². The molecule has 1 unspecified atom stereocenters. The largest absolute Gasteiger partial charge is 0.398 e. The highest BCUT2D eigenvalue weighted by Crippen LogP contribution is 2.25. The minimum absolute atomic E-state index is 0.491. The molecule has 30 heavy (non-hydrogen) atoms. The molecule has 0 amide bonds. The zero-order chi connectivity index (χ0) is 20.9. The summed E-state index contributed by atoms with van der Waals surface area (Å²) in [6.45, 7) is 5.04. The van der Waals surface area contributed by atoms with E-state index in [1.807, 2.05) is 48.5 Å². The molecule has 1 heterocycles. The van der Waals surface area contributed by atoms with Crippen LogP contribution in [0.5, 0.6) is 0 Å². The Bertz CT molecular complexity index is 1170. The maximum atomic E-state index is 6.28. The maximum Gasteiger partial charge on any atom is 0.161 e. The predicted molar refractivity (Wildman–Crippen MR) is 126 cm³/mol. The van der Waals surface area contributed by atoms with Gasteiger partial charge < -0.3 is 11.1 Å². The van der Waals surface area contributed by atoms with Crippen molar-refractivity contribution in [2.45, 2.75) is 32.7 Å². The zero-order valence-electron chi connectivity index (χ0n) is 17.4. The second kappa shape index (κ2) is 8.82. The Hall–Kier alpha value is -3.60. The highest BCUT2D eigenvalue weighted by atomic mass is 15.2. The average Bonchev–Trinajstić information content (AvgIpc) is 3.19. The molecule has 0 bridgehead atoms. The van der Waals surface area contributed by atoms with Crippen LogP contribution in [0.3, 0.4) is 0 Å². The van der Waals surface area contributed by atoms with Crippen LogP contribution in [0.2, 0.25) is 0 Å². The van der Waals surface area contributed by atoms with Crippen molar-refractivity contribution in [1.29, 1.82) is 0 Å². The third-order valence-corrected chi connectivity index (χ3v) is 5.53. The van der Waals surface area contributed by atoms with Gasteiger partial charge in [0.2, 0.25) is 0 Å². The van der Waals surface area contributed by atoms with E-state index in [0.29, 0.717) is 24.0 Å². The van der Waals surface area contributed by atoms with Crippen LogP contribution in [0.1, 0.15) is 42.9 Å². The van der Waals surface area contributed by atoms with Crippen molar-refractivity contribution in [2.24, 2.45) is 4.99 Å². The standard InChI is InChI=1S/C25H27N5/c1-3-17(2)19-11-5-4-10-18(19)16-27-24(20-12-6-8-14-22(20)26)28-25-21-13-7-9-15-23(21)29-30-25/h4-15,17H,3,16,26H2,1-2H3,(H2,27,28,29,30). The van der Waals surface area contributed by atoms with Crippen LogP contribution in [-0.4, -0.2) is 16.0 Å². The number of aromatic nitrogens is 2. The van der Waals surface area contributed by atoms with Gasteiger partial charge in [-0.05, 0) is 47.7 Å². The van der Waals surface area contributed by atoms with Crippen molar-refractivity contribution in [3.05, 3.63) is 89.5 Å². The lowest BCUT2D eigenvalue weighted by atomic mass is 9.94. The highest BCUT2D eigenvalue weighted by molar-refractivity contribution is 6.13. The van der Waals surface area contributed by atoms with Gasteiger partial charge >= 0.3 is 0 Å². The molecular weight excluding hydrogens is 370 g/mol. The highest BCUT2D eigenvalue weighted by Gasteiger charge is 2.13. The first kappa shape index (κ1) is 19.7. The van der Waals surface area contributed by atoms with Crippen molar-refractivity contribution in [1.82, 2.24) is 10.2 Å². The number of rotatable bonds is 6. The quantitative estimate of drug-likeness (QED) is 0.221. The van der Waals surface area contributed by atoms with E-state index in [1.165, 1.54) is 11.1 Å². The number of hydrogen-bond donors (Lipinski definition) is 3.